The molecule has 2 heterocycles. The molecular formula is C21H30ClFN4O2. The molecule has 0 spiro atoms. The van der Waals surface area contributed by atoms with E-state index in [1.807, 2.05) is 11.8 Å². The van der Waals surface area contributed by atoms with Gasteiger partial charge in [0.25, 0.3) is 0 Å². The lowest BCUT2D eigenvalue weighted by Crippen LogP contribution is -2.54. The number of hydrogen-bond acceptors (Lipinski definition) is 4. The van der Waals surface area contributed by atoms with Gasteiger partial charge in [-0.05, 0) is 38.0 Å². The van der Waals surface area contributed by atoms with Crippen molar-refractivity contribution in [3.8, 4) is 0 Å². The molecule has 0 bridgehead atoms. The fourth-order valence-electron chi connectivity index (χ4n) is 3.91. The summed E-state index contributed by atoms with van der Waals surface area (Å²) < 4.78 is 13.9. The first-order valence-corrected chi connectivity index (χ1v) is 10.8. The van der Waals surface area contributed by atoms with Crippen LogP contribution in [0.1, 0.15) is 32.6 Å². The summed E-state index contributed by atoms with van der Waals surface area (Å²) in [5.74, 6) is -0.584. The highest BCUT2D eigenvalue weighted by atomic mass is 35.5. The second-order valence-corrected chi connectivity index (χ2v) is 8.33. The Morgan fingerprint density at radius 1 is 1.07 bits per heavy atom. The molecule has 1 N–H and O–H groups in total. The van der Waals surface area contributed by atoms with Crippen molar-refractivity contribution in [3.63, 3.8) is 0 Å². The van der Waals surface area contributed by atoms with E-state index in [4.69, 9.17) is 11.6 Å². The minimum atomic E-state index is -0.546. The Morgan fingerprint density at radius 2 is 1.72 bits per heavy atom. The lowest BCUT2D eigenvalue weighted by molar-refractivity contribution is -0.133. The Labute approximate surface area is 177 Å². The topological polar surface area (TPSA) is 55.9 Å². The van der Waals surface area contributed by atoms with Crippen LogP contribution in [-0.4, -0.2) is 78.4 Å². The number of halogens is 2. The predicted octanol–water partition coefficient (Wildman–Crippen LogP) is 2.83. The number of rotatable bonds is 5. The van der Waals surface area contributed by atoms with E-state index in [-0.39, 0.29) is 23.5 Å². The van der Waals surface area contributed by atoms with Crippen molar-refractivity contribution in [2.45, 2.75) is 38.6 Å². The molecule has 6 nitrogen and oxygen atoms in total. The zero-order valence-electron chi connectivity index (χ0n) is 17.0. The van der Waals surface area contributed by atoms with E-state index in [0.29, 0.717) is 24.7 Å². The molecule has 2 aliphatic rings. The van der Waals surface area contributed by atoms with Crippen molar-refractivity contribution in [1.82, 2.24) is 14.7 Å². The van der Waals surface area contributed by atoms with Crippen molar-refractivity contribution in [1.29, 1.82) is 0 Å². The molecule has 0 unspecified atom stereocenters. The largest absolute Gasteiger partial charge is 0.342 e. The average molecular weight is 425 g/mol. The summed E-state index contributed by atoms with van der Waals surface area (Å²) in [6.45, 7) is 6.90. The number of likely N-dealkylation sites (tertiary alicyclic amines) is 1. The monoisotopic (exact) mass is 424 g/mol. The van der Waals surface area contributed by atoms with E-state index in [1.54, 1.807) is 6.07 Å². The van der Waals surface area contributed by atoms with Crippen LogP contribution in [-0.2, 0) is 9.59 Å². The maximum Gasteiger partial charge on any atom is 0.241 e. The van der Waals surface area contributed by atoms with Crippen LogP contribution in [0.3, 0.4) is 0 Å². The second-order valence-electron chi connectivity index (χ2n) is 7.90. The summed E-state index contributed by atoms with van der Waals surface area (Å²) in [6.07, 6.45) is 4.62. The highest BCUT2D eigenvalue weighted by molar-refractivity contribution is 6.30. The van der Waals surface area contributed by atoms with Gasteiger partial charge in [0.15, 0.2) is 0 Å². The van der Waals surface area contributed by atoms with Crippen LogP contribution in [0, 0.1) is 5.82 Å². The van der Waals surface area contributed by atoms with Gasteiger partial charge in [-0.2, -0.15) is 0 Å². The van der Waals surface area contributed by atoms with E-state index in [0.717, 1.165) is 39.0 Å². The Balaban J connectivity index is 1.45. The van der Waals surface area contributed by atoms with Gasteiger partial charge in [0.1, 0.15) is 5.82 Å². The zero-order chi connectivity index (χ0) is 20.8. The molecule has 2 amide bonds. The molecule has 0 saturated carbocycles. The number of nitrogens with zero attached hydrogens (tertiary/aromatic N) is 3. The number of carbonyl (C=O) groups excluding carboxylic acids is 2. The van der Waals surface area contributed by atoms with E-state index in [1.165, 1.54) is 25.0 Å². The lowest BCUT2D eigenvalue weighted by Gasteiger charge is -2.37. The van der Waals surface area contributed by atoms with Crippen LogP contribution in [0.25, 0.3) is 0 Å². The summed E-state index contributed by atoms with van der Waals surface area (Å²) in [5.41, 5.74) is 0.132. The lowest BCUT2D eigenvalue weighted by atomic mass is 10.2. The van der Waals surface area contributed by atoms with Crippen molar-refractivity contribution < 1.29 is 14.0 Å². The van der Waals surface area contributed by atoms with Crippen LogP contribution in [0.2, 0.25) is 5.02 Å². The van der Waals surface area contributed by atoms with Gasteiger partial charge in [-0.1, -0.05) is 24.4 Å². The number of benzene rings is 1. The van der Waals surface area contributed by atoms with Gasteiger partial charge < -0.3 is 10.2 Å². The number of hydrogen-bond donors (Lipinski definition) is 1. The standard InChI is InChI=1S/C21H30ClFN4O2/c1-16(21(29)24-19-7-6-17(22)14-18(19)23)26-12-10-25(11-13-26)15-20(28)27-8-4-2-3-5-9-27/h6-7,14,16H,2-5,8-13,15H2,1H3,(H,24,29)/t16-/m1/s1. The predicted molar refractivity (Wildman–Crippen MR) is 113 cm³/mol. The molecule has 2 fully saturated rings. The molecule has 1 aromatic carbocycles. The van der Waals surface area contributed by atoms with E-state index in [2.05, 4.69) is 15.1 Å². The minimum Gasteiger partial charge on any atom is -0.342 e. The molecular weight excluding hydrogens is 395 g/mol. The summed E-state index contributed by atoms with van der Waals surface area (Å²) in [6, 6.07) is 3.82. The summed E-state index contributed by atoms with van der Waals surface area (Å²) in [5, 5.41) is 2.93. The van der Waals surface area contributed by atoms with E-state index >= 15 is 0 Å². The van der Waals surface area contributed by atoms with Gasteiger partial charge in [-0.15, -0.1) is 0 Å². The SMILES string of the molecule is C[C@H](C(=O)Nc1ccc(Cl)cc1F)N1CCN(CC(=O)N2CCCCCC2)CC1. The summed E-state index contributed by atoms with van der Waals surface area (Å²) in [7, 11) is 0. The highest BCUT2D eigenvalue weighted by Crippen LogP contribution is 2.19. The first kappa shape index (κ1) is 22.0. The Morgan fingerprint density at radius 3 is 2.34 bits per heavy atom. The first-order chi connectivity index (χ1) is 13.9. The van der Waals surface area contributed by atoms with Crippen molar-refractivity contribution in [3.05, 3.63) is 29.0 Å². The molecule has 2 saturated heterocycles. The van der Waals surface area contributed by atoms with Crippen molar-refractivity contribution in [2.24, 2.45) is 0 Å². The zero-order valence-corrected chi connectivity index (χ0v) is 17.8. The maximum atomic E-state index is 13.9. The smallest absolute Gasteiger partial charge is 0.241 e. The number of nitrogens with one attached hydrogen (secondary N) is 1. The second kappa shape index (κ2) is 10.4. The average Bonchev–Trinajstić information content (AvgIpc) is 3.00. The molecule has 0 aromatic heterocycles. The normalized spacial score (nSPS) is 20.2. The fraction of sp³-hybridized carbons (Fsp3) is 0.619. The third-order valence-electron chi connectivity index (χ3n) is 5.84. The highest BCUT2D eigenvalue weighted by Gasteiger charge is 2.27. The van der Waals surface area contributed by atoms with Crippen LogP contribution < -0.4 is 5.32 Å². The molecule has 1 aromatic rings. The maximum absolute atomic E-state index is 13.9. The van der Waals surface area contributed by atoms with Gasteiger partial charge >= 0.3 is 0 Å². The van der Waals surface area contributed by atoms with E-state index in [9.17, 15) is 14.0 Å². The minimum absolute atomic E-state index is 0.132. The quantitative estimate of drug-likeness (QED) is 0.789. The number of carbonyl (C=O) groups is 2. The van der Waals surface area contributed by atoms with Crippen molar-refractivity contribution in [2.75, 3.05) is 51.1 Å². The number of piperazine rings is 1. The van der Waals surface area contributed by atoms with Gasteiger partial charge in [-0.25, -0.2) is 4.39 Å². The molecule has 0 aliphatic carbocycles. The molecule has 3 rings (SSSR count). The van der Waals surface area contributed by atoms with Crippen LogP contribution in [0.4, 0.5) is 10.1 Å². The number of anilines is 1. The number of amides is 2. The van der Waals surface area contributed by atoms with Gasteiger partial charge in [0.05, 0.1) is 18.3 Å². The van der Waals surface area contributed by atoms with Gasteiger partial charge in [0, 0.05) is 44.3 Å². The Hall–Kier alpha value is -1.70. The van der Waals surface area contributed by atoms with Gasteiger partial charge in [0.2, 0.25) is 11.8 Å². The molecule has 160 valence electrons. The Bertz CT molecular complexity index is 717. The summed E-state index contributed by atoms with van der Waals surface area (Å²) >= 11 is 5.75. The van der Waals surface area contributed by atoms with Crippen LogP contribution >= 0.6 is 11.6 Å². The summed E-state index contributed by atoms with van der Waals surface area (Å²) in [4.78, 5) is 31.3. The third-order valence-corrected chi connectivity index (χ3v) is 6.08. The van der Waals surface area contributed by atoms with Crippen LogP contribution in [0.15, 0.2) is 18.2 Å². The molecule has 1 atom stereocenters. The fourth-order valence-corrected chi connectivity index (χ4v) is 4.07. The van der Waals surface area contributed by atoms with Crippen LogP contribution in [0.5, 0.6) is 0 Å². The first-order valence-electron chi connectivity index (χ1n) is 10.4. The molecule has 29 heavy (non-hydrogen) atoms. The van der Waals surface area contributed by atoms with E-state index < -0.39 is 5.82 Å². The van der Waals surface area contributed by atoms with Gasteiger partial charge in [-0.3, -0.25) is 19.4 Å². The van der Waals surface area contributed by atoms with Crippen molar-refractivity contribution >= 4 is 29.1 Å². The molecule has 8 heteroatoms. The Kier molecular flexibility index (Phi) is 7.86. The third kappa shape index (κ3) is 6.14. The molecule has 2 aliphatic heterocycles. The molecule has 0 radical (unpaired) electrons.